The molecule has 5 nitrogen and oxygen atoms in total. The second-order valence-electron chi connectivity index (χ2n) is 5.89. The van der Waals surface area contributed by atoms with Gasteiger partial charge in [-0.05, 0) is 36.8 Å². The number of likely N-dealkylation sites (N-methyl/N-ethyl adjacent to an activating group) is 1. The predicted molar refractivity (Wildman–Crippen MR) is 91.9 cm³/mol. The summed E-state index contributed by atoms with van der Waals surface area (Å²) < 4.78 is 52.4. The molecule has 2 aromatic carbocycles. The molecule has 1 atom stereocenters. The maximum Gasteiger partial charge on any atom is 0.246 e. The van der Waals surface area contributed by atoms with Crippen molar-refractivity contribution >= 4 is 10.0 Å². The summed E-state index contributed by atoms with van der Waals surface area (Å²) in [4.78, 5) is -0.313. The molecule has 1 unspecified atom stereocenters. The minimum atomic E-state index is -3.96. The van der Waals surface area contributed by atoms with Crippen LogP contribution in [0.25, 0.3) is 0 Å². The van der Waals surface area contributed by atoms with Crippen LogP contribution in [0.5, 0.6) is 11.5 Å². The minimum Gasteiger partial charge on any atom is -0.486 e. The van der Waals surface area contributed by atoms with Crippen molar-refractivity contribution in [3.8, 4) is 11.5 Å². The molecule has 3 rings (SSSR count). The first-order chi connectivity index (χ1) is 11.9. The molecule has 0 saturated heterocycles. The lowest BCUT2D eigenvalue weighted by atomic mass is 10.2. The van der Waals surface area contributed by atoms with Gasteiger partial charge in [-0.2, -0.15) is 4.31 Å². The first-order valence-electron chi connectivity index (χ1n) is 8.06. The topological polar surface area (TPSA) is 55.8 Å². The Kier molecular flexibility index (Phi) is 4.96. The van der Waals surface area contributed by atoms with E-state index in [9.17, 15) is 12.8 Å². The Hall–Kier alpha value is -2.12. The summed E-state index contributed by atoms with van der Waals surface area (Å²) in [6.45, 7) is 3.96. The molecular formula is C18H20FNO4S. The van der Waals surface area contributed by atoms with E-state index in [4.69, 9.17) is 9.47 Å². The van der Waals surface area contributed by atoms with Gasteiger partial charge in [0.2, 0.25) is 10.0 Å². The van der Waals surface area contributed by atoms with E-state index in [-0.39, 0.29) is 24.6 Å². The van der Waals surface area contributed by atoms with Crippen LogP contribution in [0, 0.1) is 12.7 Å². The molecule has 0 saturated carbocycles. The summed E-state index contributed by atoms with van der Waals surface area (Å²) >= 11 is 0. The average molecular weight is 365 g/mol. The number of fused-ring (bicyclic) bond motifs is 1. The van der Waals surface area contributed by atoms with Crippen molar-refractivity contribution in [2.24, 2.45) is 0 Å². The normalized spacial score (nSPS) is 16.9. The Bertz CT molecular complexity index is 869. The van der Waals surface area contributed by atoms with Crippen LogP contribution in [0.2, 0.25) is 0 Å². The van der Waals surface area contributed by atoms with E-state index in [1.54, 1.807) is 32.0 Å². The molecule has 1 aliphatic rings. The van der Waals surface area contributed by atoms with Gasteiger partial charge in [0.1, 0.15) is 23.4 Å². The Morgan fingerprint density at radius 3 is 2.64 bits per heavy atom. The fraction of sp³-hybridized carbons (Fsp3) is 0.333. The number of hydrogen-bond acceptors (Lipinski definition) is 4. The Balaban J connectivity index is 1.82. The van der Waals surface area contributed by atoms with Gasteiger partial charge in [-0.15, -0.1) is 0 Å². The van der Waals surface area contributed by atoms with Gasteiger partial charge in [-0.25, -0.2) is 12.8 Å². The van der Waals surface area contributed by atoms with Gasteiger partial charge in [0, 0.05) is 6.54 Å². The summed E-state index contributed by atoms with van der Waals surface area (Å²) in [7, 11) is -3.96. The van der Waals surface area contributed by atoms with Crippen LogP contribution in [0.15, 0.2) is 47.4 Å². The number of halogens is 1. The van der Waals surface area contributed by atoms with Crippen LogP contribution in [0.4, 0.5) is 4.39 Å². The zero-order valence-electron chi connectivity index (χ0n) is 14.1. The molecule has 0 aromatic heterocycles. The highest BCUT2D eigenvalue weighted by atomic mass is 32.2. The highest BCUT2D eigenvalue weighted by molar-refractivity contribution is 7.89. The summed E-state index contributed by atoms with van der Waals surface area (Å²) in [5.74, 6) is 0.457. The van der Waals surface area contributed by atoms with E-state index in [0.717, 1.165) is 0 Å². The number of ether oxygens (including phenoxy) is 2. The third-order valence-electron chi connectivity index (χ3n) is 4.03. The summed E-state index contributed by atoms with van der Waals surface area (Å²) in [5, 5.41) is 0. The van der Waals surface area contributed by atoms with Crippen molar-refractivity contribution in [3.63, 3.8) is 0 Å². The second kappa shape index (κ2) is 7.01. The fourth-order valence-corrected chi connectivity index (χ4v) is 4.35. The maximum atomic E-state index is 14.1. The first kappa shape index (κ1) is 17.7. The number of nitrogens with zero attached hydrogens (tertiary/aromatic N) is 1. The van der Waals surface area contributed by atoms with Gasteiger partial charge in [-0.1, -0.05) is 25.1 Å². The molecule has 2 aromatic rings. The molecule has 0 N–H and O–H groups in total. The smallest absolute Gasteiger partial charge is 0.246 e. The fourth-order valence-electron chi connectivity index (χ4n) is 2.72. The molecule has 0 fully saturated rings. The number of aryl methyl sites for hydroxylation is 1. The van der Waals surface area contributed by atoms with E-state index < -0.39 is 21.9 Å². The average Bonchev–Trinajstić information content (AvgIpc) is 2.61. The van der Waals surface area contributed by atoms with Gasteiger partial charge in [-0.3, -0.25) is 0 Å². The molecular weight excluding hydrogens is 345 g/mol. The van der Waals surface area contributed by atoms with Crippen molar-refractivity contribution in [2.45, 2.75) is 24.8 Å². The number of sulfonamides is 1. The molecule has 0 spiro atoms. The van der Waals surface area contributed by atoms with Crippen molar-refractivity contribution < 1.29 is 22.3 Å². The van der Waals surface area contributed by atoms with Gasteiger partial charge in [0.25, 0.3) is 0 Å². The molecule has 0 aliphatic carbocycles. The molecule has 7 heteroatoms. The monoisotopic (exact) mass is 365 g/mol. The molecule has 1 aliphatic heterocycles. The summed E-state index contributed by atoms with van der Waals surface area (Å²) in [6.07, 6.45) is -0.461. The van der Waals surface area contributed by atoms with Gasteiger partial charge < -0.3 is 9.47 Å². The molecule has 25 heavy (non-hydrogen) atoms. The third kappa shape index (κ3) is 3.62. The van der Waals surface area contributed by atoms with E-state index in [1.807, 2.05) is 12.1 Å². The lowest BCUT2D eigenvalue weighted by Crippen LogP contribution is -2.43. The standard InChI is InChI=1S/C18H20FNO4S/c1-3-20(25(21,22)18-10-13(2)8-9-15(18)19)11-14-12-23-16-6-4-5-7-17(16)24-14/h4-10,14H,3,11-12H2,1-2H3. The van der Waals surface area contributed by atoms with Crippen LogP contribution in [-0.2, 0) is 10.0 Å². The Morgan fingerprint density at radius 1 is 1.20 bits per heavy atom. The lowest BCUT2D eigenvalue weighted by Gasteiger charge is -2.30. The van der Waals surface area contributed by atoms with Gasteiger partial charge >= 0.3 is 0 Å². The SMILES string of the molecule is CCN(CC1COc2ccccc2O1)S(=O)(=O)c1cc(C)ccc1F. The molecule has 0 amide bonds. The van der Waals surface area contributed by atoms with Crippen molar-refractivity contribution in [3.05, 3.63) is 53.8 Å². The van der Waals surface area contributed by atoms with E-state index in [2.05, 4.69) is 0 Å². The van der Waals surface area contributed by atoms with Gasteiger partial charge in [0.05, 0.1) is 6.54 Å². The van der Waals surface area contributed by atoms with Crippen LogP contribution < -0.4 is 9.47 Å². The van der Waals surface area contributed by atoms with Crippen LogP contribution in [0.1, 0.15) is 12.5 Å². The Labute approximate surface area is 147 Å². The van der Waals surface area contributed by atoms with Gasteiger partial charge in [0.15, 0.2) is 11.5 Å². The van der Waals surface area contributed by atoms with Crippen molar-refractivity contribution in [2.75, 3.05) is 19.7 Å². The maximum absolute atomic E-state index is 14.1. The number of rotatable bonds is 5. The van der Waals surface area contributed by atoms with E-state index in [0.29, 0.717) is 17.1 Å². The van der Waals surface area contributed by atoms with Crippen LogP contribution in [-0.4, -0.2) is 38.5 Å². The number of para-hydroxylation sites is 2. The highest BCUT2D eigenvalue weighted by Crippen LogP contribution is 2.31. The second-order valence-corrected chi connectivity index (χ2v) is 7.79. The van der Waals surface area contributed by atoms with Crippen LogP contribution in [0.3, 0.4) is 0 Å². The van der Waals surface area contributed by atoms with E-state index in [1.165, 1.54) is 16.4 Å². The third-order valence-corrected chi connectivity index (χ3v) is 5.99. The number of hydrogen-bond donors (Lipinski definition) is 0. The summed E-state index contributed by atoms with van der Waals surface area (Å²) in [6, 6.07) is 11.3. The number of benzene rings is 2. The molecule has 134 valence electrons. The quantitative estimate of drug-likeness (QED) is 0.817. The first-order valence-corrected chi connectivity index (χ1v) is 9.50. The van der Waals surface area contributed by atoms with Crippen molar-refractivity contribution in [1.82, 2.24) is 4.31 Å². The van der Waals surface area contributed by atoms with Crippen LogP contribution >= 0.6 is 0 Å². The van der Waals surface area contributed by atoms with Crippen molar-refractivity contribution in [1.29, 1.82) is 0 Å². The largest absolute Gasteiger partial charge is 0.486 e. The zero-order valence-corrected chi connectivity index (χ0v) is 14.9. The molecule has 0 radical (unpaired) electrons. The highest BCUT2D eigenvalue weighted by Gasteiger charge is 2.31. The molecule has 0 bridgehead atoms. The van der Waals surface area contributed by atoms with E-state index >= 15 is 0 Å². The lowest BCUT2D eigenvalue weighted by molar-refractivity contribution is 0.0771. The zero-order chi connectivity index (χ0) is 18.0. The Morgan fingerprint density at radius 2 is 1.92 bits per heavy atom. The predicted octanol–water partition coefficient (Wildman–Crippen LogP) is 2.98. The summed E-state index contributed by atoms with van der Waals surface area (Å²) in [5.41, 5.74) is 0.683. The minimum absolute atomic E-state index is 0.0839. The molecule has 1 heterocycles.